The first kappa shape index (κ1) is 12.6. The Kier molecular flexibility index (Phi) is 4.15. The van der Waals surface area contributed by atoms with Gasteiger partial charge in [-0.05, 0) is 43.7 Å². The van der Waals surface area contributed by atoms with Crippen molar-refractivity contribution in [1.82, 2.24) is 4.90 Å². The monoisotopic (exact) mass is 252 g/mol. The molecule has 2 N–H and O–H groups in total. The van der Waals surface area contributed by atoms with Crippen LogP contribution in [0.25, 0.3) is 0 Å². The molecule has 0 amide bonds. The number of likely N-dealkylation sites (tertiary alicyclic amines) is 1. The Bertz CT molecular complexity index is 391. The zero-order valence-corrected chi connectivity index (χ0v) is 10.5. The van der Waals surface area contributed by atoms with E-state index in [-0.39, 0.29) is 11.8 Å². The van der Waals surface area contributed by atoms with Gasteiger partial charge in [0.15, 0.2) is 5.78 Å². The third-order valence-electron chi connectivity index (χ3n) is 3.08. The Hall–Kier alpha value is -0.900. The number of halogens is 1. The highest BCUT2D eigenvalue weighted by Crippen LogP contribution is 2.12. The minimum atomic E-state index is 0.135. The van der Waals surface area contributed by atoms with Crippen molar-refractivity contribution >= 4 is 17.4 Å². The fourth-order valence-corrected chi connectivity index (χ4v) is 2.29. The molecule has 0 saturated carbocycles. The highest BCUT2D eigenvalue weighted by atomic mass is 35.5. The van der Waals surface area contributed by atoms with E-state index in [2.05, 4.69) is 4.90 Å². The number of nitrogens with two attached hydrogens (primary N) is 1. The molecule has 0 radical (unpaired) electrons. The number of hydrogen-bond acceptors (Lipinski definition) is 3. The summed E-state index contributed by atoms with van der Waals surface area (Å²) < 4.78 is 0. The van der Waals surface area contributed by atoms with Crippen molar-refractivity contribution in [3.05, 3.63) is 34.9 Å². The van der Waals surface area contributed by atoms with E-state index in [1.807, 2.05) is 0 Å². The van der Waals surface area contributed by atoms with Crippen LogP contribution in [-0.2, 0) is 0 Å². The number of hydrogen-bond donors (Lipinski definition) is 1. The molecule has 1 aromatic rings. The van der Waals surface area contributed by atoms with Crippen molar-refractivity contribution in [2.24, 2.45) is 5.73 Å². The molecule has 92 valence electrons. The lowest BCUT2D eigenvalue weighted by Gasteiger charge is -2.29. The minimum absolute atomic E-state index is 0.135. The number of ketones is 1. The van der Waals surface area contributed by atoms with Crippen LogP contribution >= 0.6 is 11.6 Å². The summed E-state index contributed by atoms with van der Waals surface area (Å²) in [6.45, 7) is 2.24. The lowest BCUT2D eigenvalue weighted by molar-refractivity contribution is 0.0908. The highest BCUT2D eigenvalue weighted by Gasteiger charge is 2.19. The van der Waals surface area contributed by atoms with Gasteiger partial charge >= 0.3 is 0 Å². The molecular formula is C13H17ClN2O. The summed E-state index contributed by atoms with van der Waals surface area (Å²) in [5.41, 5.74) is 6.61. The van der Waals surface area contributed by atoms with E-state index in [9.17, 15) is 4.79 Å². The normalized spacial score (nSPS) is 21.4. The maximum absolute atomic E-state index is 12.0. The Morgan fingerprint density at radius 2 is 2.12 bits per heavy atom. The summed E-state index contributed by atoms with van der Waals surface area (Å²) in [5.74, 6) is 0.135. The van der Waals surface area contributed by atoms with Crippen LogP contribution in [0.2, 0.25) is 5.02 Å². The molecule has 0 aliphatic carbocycles. The first-order chi connectivity index (χ1) is 8.15. The summed E-state index contributed by atoms with van der Waals surface area (Å²) in [5, 5.41) is 0.654. The van der Waals surface area contributed by atoms with Crippen LogP contribution < -0.4 is 5.73 Å². The SMILES string of the molecule is N[C@@H]1CCCN(CC(=O)c2ccc(Cl)cc2)C1. The Morgan fingerprint density at radius 3 is 2.76 bits per heavy atom. The topological polar surface area (TPSA) is 46.3 Å². The van der Waals surface area contributed by atoms with Crippen LogP contribution in [0.15, 0.2) is 24.3 Å². The number of benzene rings is 1. The van der Waals surface area contributed by atoms with Crippen molar-refractivity contribution in [1.29, 1.82) is 0 Å². The molecule has 0 bridgehead atoms. The van der Waals surface area contributed by atoms with Gasteiger partial charge in [-0.25, -0.2) is 0 Å². The molecule has 17 heavy (non-hydrogen) atoms. The average molecular weight is 253 g/mol. The number of rotatable bonds is 3. The summed E-state index contributed by atoms with van der Waals surface area (Å²) in [4.78, 5) is 14.1. The predicted molar refractivity (Wildman–Crippen MR) is 69.4 cm³/mol. The van der Waals surface area contributed by atoms with Crippen molar-refractivity contribution in [2.45, 2.75) is 18.9 Å². The summed E-state index contributed by atoms with van der Waals surface area (Å²) in [6.07, 6.45) is 2.14. The van der Waals surface area contributed by atoms with Crippen LogP contribution in [0.5, 0.6) is 0 Å². The van der Waals surface area contributed by atoms with Crippen molar-refractivity contribution < 1.29 is 4.79 Å². The maximum Gasteiger partial charge on any atom is 0.176 e. The van der Waals surface area contributed by atoms with Crippen LogP contribution in [0, 0.1) is 0 Å². The predicted octanol–water partition coefficient (Wildman–Crippen LogP) is 1.95. The minimum Gasteiger partial charge on any atom is -0.327 e. The first-order valence-electron chi connectivity index (χ1n) is 5.92. The van der Waals surface area contributed by atoms with E-state index in [4.69, 9.17) is 17.3 Å². The van der Waals surface area contributed by atoms with Crippen molar-refractivity contribution in [3.63, 3.8) is 0 Å². The molecule has 1 saturated heterocycles. The fourth-order valence-electron chi connectivity index (χ4n) is 2.17. The Balaban J connectivity index is 1.94. The fraction of sp³-hybridized carbons (Fsp3) is 0.462. The zero-order valence-electron chi connectivity index (χ0n) is 9.73. The van der Waals surface area contributed by atoms with Gasteiger partial charge in [0.25, 0.3) is 0 Å². The maximum atomic E-state index is 12.0. The van der Waals surface area contributed by atoms with E-state index in [0.29, 0.717) is 17.1 Å². The number of nitrogens with zero attached hydrogens (tertiary/aromatic N) is 1. The smallest absolute Gasteiger partial charge is 0.176 e. The number of Topliss-reactive ketones (excluding diaryl/α,β-unsaturated/α-hetero) is 1. The molecule has 1 atom stereocenters. The molecule has 1 aliphatic heterocycles. The standard InChI is InChI=1S/C13H17ClN2O/c14-11-5-3-10(4-6-11)13(17)9-16-7-1-2-12(15)8-16/h3-6,12H,1-2,7-9,15H2/t12-/m1/s1. The van der Waals surface area contributed by atoms with Crippen LogP contribution in [-0.4, -0.2) is 36.4 Å². The molecule has 3 nitrogen and oxygen atoms in total. The van der Waals surface area contributed by atoms with E-state index in [0.717, 1.165) is 25.9 Å². The van der Waals surface area contributed by atoms with Gasteiger partial charge in [-0.15, -0.1) is 0 Å². The summed E-state index contributed by atoms with van der Waals surface area (Å²) in [6, 6.07) is 7.25. The van der Waals surface area contributed by atoms with Crippen LogP contribution in [0.1, 0.15) is 23.2 Å². The molecule has 1 heterocycles. The zero-order chi connectivity index (χ0) is 12.3. The third kappa shape index (κ3) is 3.53. The first-order valence-corrected chi connectivity index (χ1v) is 6.29. The van der Waals surface area contributed by atoms with Crippen LogP contribution in [0.4, 0.5) is 0 Å². The number of carbonyl (C=O) groups excluding carboxylic acids is 1. The van der Waals surface area contributed by atoms with E-state index in [1.54, 1.807) is 24.3 Å². The third-order valence-corrected chi connectivity index (χ3v) is 3.33. The van der Waals surface area contributed by atoms with Crippen LogP contribution in [0.3, 0.4) is 0 Å². The van der Waals surface area contributed by atoms with Gasteiger partial charge in [-0.2, -0.15) is 0 Å². The molecule has 1 aromatic carbocycles. The molecule has 1 fully saturated rings. The van der Waals surface area contributed by atoms with Gasteiger partial charge in [-0.3, -0.25) is 9.69 Å². The van der Waals surface area contributed by atoms with Gasteiger partial charge < -0.3 is 5.73 Å². The number of piperidine rings is 1. The van der Waals surface area contributed by atoms with Crippen molar-refractivity contribution in [3.8, 4) is 0 Å². The quantitative estimate of drug-likeness (QED) is 0.837. The Morgan fingerprint density at radius 1 is 1.41 bits per heavy atom. The van der Waals surface area contributed by atoms with Gasteiger partial charge in [0.1, 0.15) is 0 Å². The number of carbonyl (C=O) groups is 1. The van der Waals surface area contributed by atoms with Gasteiger partial charge in [0.05, 0.1) is 6.54 Å². The van der Waals surface area contributed by atoms with E-state index in [1.165, 1.54) is 0 Å². The largest absolute Gasteiger partial charge is 0.327 e. The molecule has 4 heteroatoms. The Labute approximate surface area is 107 Å². The molecule has 1 aliphatic rings. The lowest BCUT2D eigenvalue weighted by Crippen LogP contribution is -2.44. The average Bonchev–Trinajstić information content (AvgIpc) is 2.29. The van der Waals surface area contributed by atoms with Gasteiger partial charge in [-0.1, -0.05) is 11.6 Å². The van der Waals surface area contributed by atoms with Gasteiger partial charge in [0.2, 0.25) is 0 Å². The summed E-state index contributed by atoms with van der Waals surface area (Å²) >= 11 is 5.79. The molecule has 0 unspecified atom stereocenters. The molecule has 2 rings (SSSR count). The molecular weight excluding hydrogens is 236 g/mol. The molecule has 0 spiro atoms. The second-order valence-corrected chi connectivity index (χ2v) is 5.00. The van der Waals surface area contributed by atoms with Gasteiger partial charge in [0, 0.05) is 23.2 Å². The lowest BCUT2D eigenvalue weighted by atomic mass is 10.1. The highest BCUT2D eigenvalue weighted by molar-refractivity contribution is 6.30. The molecule has 0 aromatic heterocycles. The second-order valence-electron chi connectivity index (χ2n) is 4.57. The second kappa shape index (κ2) is 5.63. The van der Waals surface area contributed by atoms with E-state index < -0.39 is 0 Å². The van der Waals surface area contributed by atoms with Crippen molar-refractivity contribution in [2.75, 3.05) is 19.6 Å². The summed E-state index contributed by atoms with van der Waals surface area (Å²) in [7, 11) is 0. The van der Waals surface area contributed by atoms with E-state index >= 15 is 0 Å².